The summed E-state index contributed by atoms with van der Waals surface area (Å²) >= 11 is 5.85. The number of hydrogen-bond acceptors (Lipinski definition) is 2. The molecule has 1 atom stereocenters. The summed E-state index contributed by atoms with van der Waals surface area (Å²) in [5, 5.41) is 4.27. The molecule has 0 saturated carbocycles. The van der Waals surface area contributed by atoms with Gasteiger partial charge in [-0.15, -0.1) is 0 Å². The average molecular weight is 270 g/mol. The van der Waals surface area contributed by atoms with Crippen molar-refractivity contribution in [2.75, 3.05) is 13.2 Å². The molecule has 0 aliphatic carbocycles. The Hall–Kier alpha value is -0.730. The molecule has 0 aliphatic heterocycles. The second kappa shape index (κ2) is 7.01. The van der Waals surface area contributed by atoms with Gasteiger partial charge in [0.2, 0.25) is 0 Å². The number of nitrogens with one attached hydrogen (secondary N) is 1. The minimum absolute atomic E-state index is 0.182. The summed E-state index contributed by atoms with van der Waals surface area (Å²) in [5.74, 6) is 0.868. The standard InChI is InChI=1S/C15H24ClNO/c1-5-10-17-14(15(2,3)4)11-18-13-8-6-12(16)7-9-13/h6-9,14,17H,5,10-11H2,1-4H3. The van der Waals surface area contributed by atoms with Crippen LogP contribution in [-0.2, 0) is 0 Å². The Balaban J connectivity index is 2.53. The Kier molecular flexibility index (Phi) is 5.97. The molecule has 1 aromatic rings. The first-order valence-corrected chi connectivity index (χ1v) is 6.93. The Morgan fingerprint density at radius 3 is 2.33 bits per heavy atom. The topological polar surface area (TPSA) is 21.3 Å². The van der Waals surface area contributed by atoms with E-state index >= 15 is 0 Å². The first-order valence-electron chi connectivity index (χ1n) is 6.55. The molecule has 1 aromatic carbocycles. The van der Waals surface area contributed by atoms with Gasteiger partial charge in [-0.25, -0.2) is 0 Å². The molecule has 0 amide bonds. The second-order valence-corrected chi connectivity index (χ2v) is 6.07. The fourth-order valence-corrected chi connectivity index (χ4v) is 1.77. The van der Waals surface area contributed by atoms with Crippen molar-refractivity contribution in [1.29, 1.82) is 0 Å². The van der Waals surface area contributed by atoms with Crippen LogP contribution in [0.4, 0.5) is 0 Å². The molecule has 0 radical (unpaired) electrons. The molecule has 0 spiro atoms. The summed E-state index contributed by atoms with van der Waals surface area (Å²) < 4.78 is 5.83. The molecule has 0 bridgehead atoms. The maximum atomic E-state index is 5.85. The lowest BCUT2D eigenvalue weighted by Gasteiger charge is -2.31. The molecule has 0 saturated heterocycles. The fourth-order valence-electron chi connectivity index (χ4n) is 1.64. The molecule has 0 heterocycles. The minimum Gasteiger partial charge on any atom is -0.492 e. The van der Waals surface area contributed by atoms with E-state index in [-0.39, 0.29) is 5.41 Å². The SMILES string of the molecule is CCCNC(COc1ccc(Cl)cc1)C(C)(C)C. The lowest BCUT2D eigenvalue weighted by atomic mass is 9.87. The van der Waals surface area contributed by atoms with E-state index in [1.54, 1.807) is 0 Å². The van der Waals surface area contributed by atoms with Crippen LogP contribution >= 0.6 is 11.6 Å². The van der Waals surface area contributed by atoms with E-state index < -0.39 is 0 Å². The zero-order valence-corrected chi connectivity index (χ0v) is 12.6. The lowest BCUT2D eigenvalue weighted by molar-refractivity contribution is 0.174. The predicted molar refractivity (Wildman–Crippen MR) is 78.5 cm³/mol. The van der Waals surface area contributed by atoms with Gasteiger partial charge in [-0.2, -0.15) is 0 Å². The van der Waals surface area contributed by atoms with Gasteiger partial charge in [-0.3, -0.25) is 0 Å². The van der Waals surface area contributed by atoms with Gasteiger partial charge in [0, 0.05) is 11.1 Å². The third kappa shape index (κ3) is 5.28. The summed E-state index contributed by atoms with van der Waals surface area (Å²) in [6.07, 6.45) is 1.13. The van der Waals surface area contributed by atoms with Gasteiger partial charge in [0.05, 0.1) is 0 Å². The van der Waals surface area contributed by atoms with Gasteiger partial charge < -0.3 is 10.1 Å². The van der Waals surface area contributed by atoms with Crippen molar-refractivity contribution < 1.29 is 4.74 Å². The van der Waals surface area contributed by atoms with Crippen molar-refractivity contribution in [3.05, 3.63) is 29.3 Å². The number of rotatable bonds is 6. The molecule has 1 N–H and O–H groups in total. The maximum absolute atomic E-state index is 5.85. The van der Waals surface area contributed by atoms with E-state index in [2.05, 4.69) is 33.0 Å². The van der Waals surface area contributed by atoms with Gasteiger partial charge in [-0.1, -0.05) is 39.3 Å². The molecule has 1 unspecified atom stereocenters. The van der Waals surface area contributed by atoms with Gasteiger partial charge in [-0.05, 0) is 42.6 Å². The molecule has 3 heteroatoms. The van der Waals surface area contributed by atoms with E-state index in [4.69, 9.17) is 16.3 Å². The zero-order chi connectivity index (χ0) is 13.6. The Morgan fingerprint density at radius 1 is 1.22 bits per heavy atom. The summed E-state index contributed by atoms with van der Waals surface area (Å²) in [7, 11) is 0. The van der Waals surface area contributed by atoms with Gasteiger partial charge in [0.25, 0.3) is 0 Å². The van der Waals surface area contributed by atoms with Crippen LogP contribution in [0.25, 0.3) is 0 Å². The second-order valence-electron chi connectivity index (χ2n) is 5.64. The third-order valence-electron chi connectivity index (χ3n) is 2.92. The van der Waals surface area contributed by atoms with E-state index in [1.165, 1.54) is 0 Å². The van der Waals surface area contributed by atoms with Crippen LogP contribution in [0.5, 0.6) is 5.75 Å². The highest BCUT2D eigenvalue weighted by Gasteiger charge is 2.24. The van der Waals surface area contributed by atoms with Gasteiger partial charge in [0.15, 0.2) is 0 Å². The molecule has 0 aliphatic rings. The van der Waals surface area contributed by atoms with E-state index in [1.807, 2.05) is 24.3 Å². The van der Waals surface area contributed by atoms with Crippen molar-refractivity contribution in [2.24, 2.45) is 5.41 Å². The van der Waals surface area contributed by atoms with Crippen LogP contribution in [0, 0.1) is 5.41 Å². The maximum Gasteiger partial charge on any atom is 0.119 e. The zero-order valence-electron chi connectivity index (χ0n) is 11.8. The van der Waals surface area contributed by atoms with E-state index in [9.17, 15) is 0 Å². The smallest absolute Gasteiger partial charge is 0.119 e. The normalized spacial score (nSPS) is 13.4. The van der Waals surface area contributed by atoms with Crippen molar-refractivity contribution in [2.45, 2.75) is 40.2 Å². The van der Waals surface area contributed by atoms with E-state index in [0.29, 0.717) is 12.6 Å². The van der Waals surface area contributed by atoms with Crippen molar-refractivity contribution in [3.63, 3.8) is 0 Å². The Labute approximate surface area is 116 Å². The molecule has 1 rings (SSSR count). The number of halogens is 1. The van der Waals surface area contributed by atoms with Crippen molar-refractivity contribution >= 4 is 11.6 Å². The summed E-state index contributed by atoms with van der Waals surface area (Å²) in [6, 6.07) is 7.85. The molecule has 0 aromatic heterocycles. The first-order chi connectivity index (χ1) is 8.43. The molecular weight excluding hydrogens is 246 g/mol. The Bertz CT molecular complexity index is 343. The predicted octanol–water partition coefficient (Wildman–Crippen LogP) is 4.13. The van der Waals surface area contributed by atoms with Gasteiger partial charge in [0.1, 0.15) is 12.4 Å². The Morgan fingerprint density at radius 2 is 1.83 bits per heavy atom. The number of ether oxygens (including phenoxy) is 1. The molecule has 102 valence electrons. The van der Waals surface area contributed by atoms with Gasteiger partial charge >= 0.3 is 0 Å². The van der Waals surface area contributed by atoms with Crippen LogP contribution < -0.4 is 10.1 Å². The number of hydrogen-bond donors (Lipinski definition) is 1. The highest BCUT2D eigenvalue weighted by molar-refractivity contribution is 6.30. The average Bonchev–Trinajstić information content (AvgIpc) is 2.30. The third-order valence-corrected chi connectivity index (χ3v) is 3.17. The summed E-state index contributed by atoms with van der Waals surface area (Å²) in [6.45, 7) is 10.5. The van der Waals surface area contributed by atoms with Crippen LogP contribution in [0.2, 0.25) is 5.02 Å². The van der Waals surface area contributed by atoms with Crippen LogP contribution in [0.1, 0.15) is 34.1 Å². The van der Waals surface area contributed by atoms with Crippen molar-refractivity contribution in [3.8, 4) is 5.75 Å². The monoisotopic (exact) mass is 269 g/mol. The molecule has 18 heavy (non-hydrogen) atoms. The lowest BCUT2D eigenvalue weighted by Crippen LogP contribution is -2.45. The quantitative estimate of drug-likeness (QED) is 0.838. The molecule has 2 nitrogen and oxygen atoms in total. The summed E-state index contributed by atoms with van der Waals surface area (Å²) in [4.78, 5) is 0. The number of benzene rings is 1. The van der Waals surface area contributed by atoms with Crippen molar-refractivity contribution in [1.82, 2.24) is 5.32 Å². The van der Waals surface area contributed by atoms with E-state index in [0.717, 1.165) is 23.7 Å². The van der Waals surface area contributed by atoms with Crippen LogP contribution in [-0.4, -0.2) is 19.2 Å². The first kappa shape index (κ1) is 15.3. The largest absolute Gasteiger partial charge is 0.492 e. The van der Waals surface area contributed by atoms with Crippen LogP contribution in [0.3, 0.4) is 0 Å². The highest BCUT2D eigenvalue weighted by Crippen LogP contribution is 2.21. The van der Waals surface area contributed by atoms with Crippen LogP contribution in [0.15, 0.2) is 24.3 Å². The summed E-state index contributed by atoms with van der Waals surface area (Å²) in [5.41, 5.74) is 0.182. The highest BCUT2D eigenvalue weighted by atomic mass is 35.5. The molecular formula is C15H24ClNO. The minimum atomic E-state index is 0.182. The molecule has 0 fully saturated rings. The fraction of sp³-hybridized carbons (Fsp3) is 0.600.